The van der Waals surface area contributed by atoms with Crippen molar-refractivity contribution in [3.8, 4) is 5.75 Å². The molecule has 2 bridgehead atoms. The predicted molar refractivity (Wildman–Crippen MR) is 97.1 cm³/mol. The Balaban J connectivity index is 1.61. The van der Waals surface area contributed by atoms with Gasteiger partial charge >= 0.3 is 5.97 Å². The highest BCUT2D eigenvalue weighted by Crippen LogP contribution is 2.55. The topological polar surface area (TPSA) is 55.8 Å². The Kier molecular flexibility index (Phi) is 5.66. The molecule has 3 aliphatic rings. The Morgan fingerprint density at radius 1 is 1.12 bits per heavy atom. The van der Waals surface area contributed by atoms with Crippen molar-refractivity contribution in [3.63, 3.8) is 0 Å². The number of ether oxygens (including phenoxy) is 2. The van der Waals surface area contributed by atoms with Crippen molar-refractivity contribution in [1.82, 2.24) is 0 Å². The predicted octanol–water partition coefficient (Wildman–Crippen LogP) is 4.77. The second-order valence-electron chi connectivity index (χ2n) is 7.58. The van der Waals surface area contributed by atoms with Crippen molar-refractivity contribution in [2.45, 2.75) is 62.9 Å². The van der Waals surface area contributed by atoms with E-state index in [1.165, 1.54) is 5.56 Å². The summed E-state index contributed by atoms with van der Waals surface area (Å²) in [6.45, 7) is 1.98. The fourth-order valence-corrected chi connectivity index (χ4v) is 4.31. The maximum absolute atomic E-state index is 12.6. The van der Waals surface area contributed by atoms with Crippen molar-refractivity contribution >= 4 is 5.97 Å². The molecule has 3 saturated carbocycles. The van der Waals surface area contributed by atoms with Crippen LogP contribution in [0.15, 0.2) is 36.2 Å². The SMILES string of the molecule is CC/C(=C\F)COc1ccc(C23CCC(OCC(=O)O)(CC2)CC3)cc1. The van der Waals surface area contributed by atoms with Gasteiger partial charge in [-0.1, -0.05) is 19.1 Å². The van der Waals surface area contributed by atoms with Crippen molar-refractivity contribution in [1.29, 1.82) is 0 Å². The van der Waals surface area contributed by atoms with Gasteiger partial charge < -0.3 is 14.6 Å². The second-order valence-corrected chi connectivity index (χ2v) is 7.58. The van der Waals surface area contributed by atoms with E-state index in [2.05, 4.69) is 12.1 Å². The number of hydrogen-bond donors (Lipinski definition) is 1. The van der Waals surface area contributed by atoms with E-state index in [0.717, 1.165) is 44.3 Å². The molecule has 0 aromatic heterocycles. The van der Waals surface area contributed by atoms with Crippen LogP contribution in [-0.4, -0.2) is 29.9 Å². The van der Waals surface area contributed by atoms with Crippen LogP contribution in [0.1, 0.15) is 57.4 Å². The molecule has 5 heteroatoms. The first-order chi connectivity index (χ1) is 12.5. The number of carboxylic acids is 1. The Morgan fingerprint density at radius 3 is 2.23 bits per heavy atom. The number of fused-ring (bicyclic) bond motifs is 3. The lowest BCUT2D eigenvalue weighted by Gasteiger charge is -2.53. The number of benzene rings is 1. The summed E-state index contributed by atoms with van der Waals surface area (Å²) >= 11 is 0. The van der Waals surface area contributed by atoms with Crippen LogP contribution in [0.2, 0.25) is 0 Å². The standard InChI is InChI=1S/C21H27FO4/c1-2-16(13-22)14-25-18-5-3-17(4-6-18)20-7-10-21(11-8-20,12-9-20)26-15-19(23)24/h3-6,13H,2,7-12,14-15H2,1H3,(H,23,24)/b16-13+. The highest BCUT2D eigenvalue weighted by Gasteiger charge is 2.50. The molecule has 0 heterocycles. The van der Waals surface area contributed by atoms with Crippen LogP contribution in [-0.2, 0) is 14.9 Å². The molecule has 3 aliphatic carbocycles. The minimum absolute atomic E-state index is 0.167. The Bertz CT molecular complexity index is 641. The lowest BCUT2D eigenvalue weighted by atomic mass is 9.56. The molecule has 1 aromatic carbocycles. The van der Waals surface area contributed by atoms with E-state index in [1.807, 2.05) is 19.1 Å². The van der Waals surface area contributed by atoms with Gasteiger partial charge in [0.25, 0.3) is 0 Å². The molecule has 26 heavy (non-hydrogen) atoms. The molecule has 0 atom stereocenters. The van der Waals surface area contributed by atoms with E-state index >= 15 is 0 Å². The summed E-state index contributed by atoms with van der Waals surface area (Å²) < 4.78 is 24.0. The molecule has 3 fully saturated rings. The van der Waals surface area contributed by atoms with E-state index in [1.54, 1.807) is 0 Å². The Hall–Kier alpha value is -1.88. The van der Waals surface area contributed by atoms with Crippen LogP contribution in [0, 0.1) is 0 Å². The first kappa shape index (κ1) is 18.9. The number of aliphatic carboxylic acids is 1. The maximum atomic E-state index is 12.6. The average Bonchev–Trinajstić information content (AvgIpc) is 2.69. The van der Waals surface area contributed by atoms with Crippen LogP contribution in [0.3, 0.4) is 0 Å². The molecule has 0 saturated heterocycles. The zero-order valence-electron chi connectivity index (χ0n) is 15.3. The van der Waals surface area contributed by atoms with E-state index in [0.29, 0.717) is 18.3 Å². The molecular formula is C21H27FO4. The van der Waals surface area contributed by atoms with Gasteiger partial charge in [0.05, 0.1) is 11.9 Å². The summed E-state index contributed by atoms with van der Waals surface area (Å²) in [4.78, 5) is 10.8. The number of carboxylic acid groups (broad SMARTS) is 1. The summed E-state index contributed by atoms with van der Waals surface area (Å²) in [5, 5.41) is 8.87. The number of rotatable bonds is 8. The lowest BCUT2D eigenvalue weighted by Crippen LogP contribution is -2.50. The first-order valence-corrected chi connectivity index (χ1v) is 9.38. The van der Waals surface area contributed by atoms with Crippen molar-refractivity contribution in [3.05, 3.63) is 41.7 Å². The van der Waals surface area contributed by atoms with Crippen molar-refractivity contribution in [2.24, 2.45) is 0 Å². The third-order valence-electron chi connectivity index (χ3n) is 6.18. The fourth-order valence-electron chi connectivity index (χ4n) is 4.31. The molecule has 0 unspecified atom stereocenters. The maximum Gasteiger partial charge on any atom is 0.329 e. The van der Waals surface area contributed by atoms with Gasteiger partial charge in [-0.05, 0) is 73.6 Å². The molecule has 1 aromatic rings. The van der Waals surface area contributed by atoms with Crippen LogP contribution < -0.4 is 4.74 Å². The first-order valence-electron chi connectivity index (χ1n) is 9.38. The highest BCUT2D eigenvalue weighted by atomic mass is 19.1. The van der Waals surface area contributed by atoms with Crippen molar-refractivity contribution < 1.29 is 23.8 Å². The highest BCUT2D eigenvalue weighted by molar-refractivity contribution is 5.68. The van der Waals surface area contributed by atoms with E-state index in [4.69, 9.17) is 14.6 Å². The zero-order valence-corrected chi connectivity index (χ0v) is 15.3. The Morgan fingerprint density at radius 2 is 1.73 bits per heavy atom. The summed E-state index contributed by atoms with van der Waals surface area (Å²) in [5.74, 6) is -0.144. The van der Waals surface area contributed by atoms with Gasteiger partial charge in [-0.15, -0.1) is 0 Å². The van der Waals surface area contributed by atoms with Gasteiger partial charge in [-0.2, -0.15) is 0 Å². The molecule has 0 aliphatic heterocycles. The normalized spacial score (nSPS) is 28.2. The van der Waals surface area contributed by atoms with Crippen LogP contribution in [0.4, 0.5) is 4.39 Å². The van der Waals surface area contributed by atoms with E-state index in [-0.39, 0.29) is 24.2 Å². The van der Waals surface area contributed by atoms with Gasteiger partial charge in [-0.25, -0.2) is 9.18 Å². The molecule has 0 radical (unpaired) electrons. The summed E-state index contributed by atoms with van der Waals surface area (Å²) in [6, 6.07) is 8.17. The van der Waals surface area contributed by atoms with Crippen molar-refractivity contribution in [2.75, 3.05) is 13.2 Å². The molecular weight excluding hydrogens is 335 g/mol. The van der Waals surface area contributed by atoms with Crippen LogP contribution in [0.25, 0.3) is 0 Å². The quantitative estimate of drug-likeness (QED) is 0.723. The third-order valence-corrected chi connectivity index (χ3v) is 6.18. The Labute approximate surface area is 154 Å². The fraction of sp³-hybridized carbons (Fsp3) is 0.571. The van der Waals surface area contributed by atoms with E-state index in [9.17, 15) is 9.18 Å². The van der Waals surface area contributed by atoms with Gasteiger partial charge in [0.2, 0.25) is 0 Å². The lowest BCUT2D eigenvalue weighted by molar-refractivity contribution is -0.160. The smallest absolute Gasteiger partial charge is 0.329 e. The third kappa shape index (κ3) is 3.93. The molecule has 1 N–H and O–H groups in total. The van der Waals surface area contributed by atoms with E-state index < -0.39 is 5.97 Å². The largest absolute Gasteiger partial charge is 0.489 e. The molecule has 0 spiro atoms. The van der Waals surface area contributed by atoms with Crippen LogP contribution in [0.5, 0.6) is 5.75 Å². The molecule has 4 rings (SSSR count). The average molecular weight is 362 g/mol. The van der Waals surface area contributed by atoms with Gasteiger partial charge in [-0.3, -0.25) is 0 Å². The number of halogens is 1. The van der Waals surface area contributed by atoms with Crippen LogP contribution >= 0.6 is 0 Å². The minimum Gasteiger partial charge on any atom is -0.489 e. The molecule has 0 amide bonds. The summed E-state index contributed by atoms with van der Waals surface area (Å²) in [6.07, 6.45) is 7.09. The number of hydrogen-bond acceptors (Lipinski definition) is 3. The molecule has 4 nitrogen and oxygen atoms in total. The minimum atomic E-state index is -0.897. The molecule has 142 valence electrons. The zero-order chi connectivity index (χ0) is 18.6. The monoisotopic (exact) mass is 362 g/mol. The summed E-state index contributed by atoms with van der Waals surface area (Å²) in [7, 11) is 0. The van der Waals surface area contributed by atoms with Gasteiger partial charge in [0.15, 0.2) is 0 Å². The summed E-state index contributed by atoms with van der Waals surface area (Å²) in [5.41, 5.74) is 1.89. The second kappa shape index (κ2) is 7.78. The van der Waals surface area contributed by atoms with Gasteiger partial charge in [0, 0.05) is 0 Å². The number of carbonyl (C=O) groups is 1. The van der Waals surface area contributed by atoms with Gasteiger partial charge in [0.1, 0.15) is 19.0 Å².